The summed E-state index contributed by atoms with van der Waals surface area (Å²) in [5.74, 6) is -1.55. The number of nitrogens with zero attached hydrogens (tertiary/aromatic N) is 2. The molecule has 0 aliphatic heterocycles. The Labute approximate surface area is 244 Å². The van der Waals surface area contributed by atoms with Gasteiger partial charge in [-0.3, -0.25) is 9.69 Å². The third-order valence-electron chi connectivity index (χ3n) is 6.77. The first kappa shape index (κ1) is 30.2. The number of nitrogens with one attached hydrogen (secondary N) is 1. The number of rotatable bonds is 13. The molecule has 1 aliphatic rings. The Bertz CT molecular complexity index is 1290. The molecule has 0 fully saturated rings. The minimum Gasteiger partial charge on any atom is -0.480 e. The second-order valence-electron chi connectivity index (χ2n) is 11.1. The van der Waals surface area contributed by atoms with E-state index in [1.165, 1.54) is 11.3 Å². The van der Waals surface area contributed by atoms with Gasteiger partial charge >= 0.3 is 18.0 Å². The summed E-state index contributed by atoms with van der Waals surface area (Å²) in [6, 6.07) is 15.0. The van der Waals surface area contributed by atoms with E-state index in [1.807, 2.05) is 67.4 Å². The maximum Gasteiger partial charge on any atom is 0.407 e. The van der Waals surface area contributed by atoms with Crippen molar-refractivity contribution < 1.29 is 29.0 Å². The number of aromatic nitrogens is 1. The van der Waals surface area contributed by atoms with Gasteiger partial charge in [0.15, 0.2) is 0 Å². The van der Waals surface area contributed by atoms with E-state index in [4.69, 9.17) is 9.47 Å². The first-order chi connectivity index (χ1) is 19.6. The molecule has 0 spiro atoms. The molecule has 1 atom stereocenters. The van der Waals surface area contributed by atoms with Crippen molar-refractivity contribution in [2.45, 2.75) is 64.1 Å². The van der Waals surface area contributed by atoms with Crippen LogP contribution in [-0.4, -0.2) is 64.4 Å². The van der Waals surface area contributed by atoms with Crippen LogP contribution in [0.5, 0.6) is 0 Å². The maximum atomic E-state index is 12.6. The Morgan fingerprint density at radius 3 is 2.29 bits per heavy atom. The summed E-state index contributed by atoms with van der Waals surface area (Å²) in [6.45, 7) is 6.75. The van der Waals surface area contributed by atoms with Crippen molar-refractivity contribution in [2.75, 3.05) is 19.7 Å². The fourth-order valence-electron chi connectivity index (χ4n) is 5.02. The molecule has 9 nitrogen and oxygen atoms in total. The summed E-state index contributed by atoms with van der Waals surface area (Å²) in [6.07, 6.45) is 2.36. The smallest absolute Gasteiger partial charge is 0.407 e. The van der Waals surface area contributed by atoms with Gasteiger partial charge in [-0.2, -0.15) is 0 Å². The molecule has 3 aromatic rings. The van der Waals surface area contributed by atoms with Gasteiger partial charge in [0.2, 0.25) is 0 Å². The number of benzene rings is 2. The summed E-state index contributed by atoms with van der Waals surface area (Å²) in [5, 5.41) is 15.0. The molecule has 1 amide bonds. The van der Waals surface area contributed by atoms with Gasteiger partial charge in [0, 0.05) is 17.5 Å². The second-order valence-corrected chi connectivity index (χ2v) is 12.1. The van der Waals surface area contributed by atoms with Crippen LogP contribution in [0, 0.1) is 0 Å². The fourth-order valence-corrected chi connectivity index (χ4v) is 5.67. The van der Waals surface area contributed by atoms with Crippen LogP contribution in [0.3, 0.4) is 0 Å². The lowest BCUT2D eigenvalue weighted by Crippen LogP contribution is -2.41. The number of esters is 1. The number of carboxylic acid groups (broad SMARTS) is 1. The lowest BCUT2D eigenvalue weighted by Gasteiger charge is -2.24. The number of thiazole rings is 1. The molecule has 0 radical (unpaired) electrons. The molecule has 0 unspecified atom stereocenters. The Balaban J connectivity index is 1.27. The van der Waals surface area contributed by atoms with Crippen molar-refractivity contribution in [3.05, 3.63) is 76.2 Å². The molecular weight excluding hydrogens is 542 g/mol. The number of carbonyl (C=O) groups excluding carboxylic acids is 2. The zero-order chi connectivity index (χ0) is 29.4. The molecule has 41 heavy (non-hydrogen) atoms. The third-order valence-corrected chi connectivity index (χ3v) is 7.53. The van der Waals surface area contributed by atoms with Crippen LogP contribution in [0.25, 0.3) is 11.1 Å². The van der Waals surface area contributed by atoms with Gasteiger partial charge in [-0.05, 0) is 68.8 Å². The van der Waals surface area contributed by atoms with Gasteiger partial charge in [0.1, 0.15) is 23.3 Å². The highest BCUT2D eigenvalue weighted by Gasteiger charge is 2.30. The predicted molar refractivity (Wildman–Crippen MR) is 157 cm³/mol. The van der Waals surface area contributed by atoms with Crippen molar-refractivity contribution in [1.29, 1.82) is 0 Å². The van der Waals surface area contributed by atoms with Crippen LogP contribution in [0.1, 0.15) is 62.1 Å². The predicted octanol–water partition coefficient (Wildman–Crippen LogP) is 5.45. The molecular formula is C31H37N3O6S. The average Bonchev–Trinajstić information content (AvgIpc) is 3.54. The Kier molecular flexibility index (Phi) is 10.1. The second kappa shape index (κ2) is 13.7. The van der Waals surface area contributed by atoms with Gasteiger partial charge in [-0.1, -0.05) is 48.5 Å². The number of carboxylic acids is 1. The van der Waals surface area contributed by atoms with E-state index in [1.54, 1.807) is 6.20 Å². The van der Waals surface area contributed by atoms with Crippen LogP contribution >= 0.6 is 11.3 Å². The van der Waals surface area contributed by atoms with E-state index in [9.17, 15) is 19.5 Å². The molecule has 1 aliphatic carbocycles. The van der Waals surface area contributed by atoms with Crippen molar-refractivity contribution in [1.82, 2.24) is 15.2 Å². The lowest BCUT2D eigenvalue weighted by molar-refractivity contribution is -0.156. The van der Waals surface area contributed by atoms with Gasteiger partial charge in [0.25, 0.3) is 0 Å². The number of unbranched alkanes of at least 4 members (excludes halogenated alkanes) is 1. The summed E-state index contributed by atoms with van der Waals surface area (Å²) < 4.78 is 11.0. The number of alkyl carbamates (subject to hydrolysis) is 1. The van der Waals surface area contributed by atoms with Crippen LogP contribution in [0.15, 0.2) is 60.1 Å². The topological polar surface area (TPSA) is 118 Å². The molecule has 1 heterocycles. The Hall–Kier alpha value is -3.76. The molecule has 0 saturated carbocycles. The third kappa shape index (κ3) is 8.61. The summed E-state index contributed by atoms with van der Waals surface area (Å²) in [5.41, 5.74) is 3.84. The van der Waals surface area contributed by atoms with E-state index in [0.29, 0.717) is 25.9 Å². The number of ether oxygens (including phenoxy) is 2. The SMILES string of the molecule is CC(C)(C)OC(=O)CN(CCCC[C@H](NC(=O)OCC1c2ccccc2-c2ccccc21)C(=O)O)Cc1nccs1. The van der Waals surface area contributed by atoms with Crippen LogP contribution in [0.4, 0.5) is 4.79 Å². The van der Waals surface area contributed by atoms with Crippen molar-refractivity contribution in [3.8, 4) is 11.1 Å². The van der Waals surface area contributed by atoms with Crippen LogP contribution < -0.4 is 5.32 Å². The molecule has 2 N–H and O–H groups in total. The molecule has 2 aromatic carbocycles. The average molecular weight is 580 g/mol. The highest BCUT2D eigenvalue weighted by atomic mass is 32.1. The van der Waals surface area contributed by atoms with Crippen LogP contribution in [0.2, 0.25) is 0 Å². The first-order valence-electron chi connectivity index (χ1n) is 13.8. The number of aliphatic carboxylic acids is 1. The van der Waals surface area contributed by atoms with E-state index in [2.05, 4.69) is 22.4 Å². The van der Waals surface area contributed by atoms with E-state index < -0.39 is 23.7 Å². The number of carbonyl (C=O) groups is 3. The standard InChI is InChI=1S/C31H37N3O6S/c1-31(2,3)40-28(35)19-34(18-27-32-15-17-41-27)16-9-8-14-26(29(36)37)33-30(38)39-20-25-23-12-6-4-10-21(23)22-11-5-7-13-24(22)25/h4-7,10-13,15,17,25-26H,8-9,14,16,18-20H2,1-3H3,(H,33,38)(H,36,37)/t26-/m0/s1. The first-order valence-corrected chi connectivity index (χ1v) is 14.7. The normalized spacial score (nSPS) is 13.4. The summed E-state index contributed by atoms with van der Waals surface area (Å²) in [7, 11) is 0. The van der Waals surface area contributed by atoms with Crippen molar-refractivity contribution in [3.63, 3.8) is 0 Å². The Morgan fingerprint density at radius 2 is 1.71 bits per heavy atom. The van der Waals surface area contributed by atoms with E-state index >= 15 is 0 Å². The number of fused-ring (bicyclic) bond motifs is 3. The molecule has 4 rings (SSSR count). The Morgan fingerprint density at radius 1 is 1.05 bits per heavy atom. The summed E-state index contributed by atoms with van der Waals surface area (Å²) in [4.78, 5) is 43.2. The quantitative estimate of drug-likeness (QED) is 0.203. The molecule has 10 heteroatoms. The van der Waals surface area contributed by atoms with Gasteiger partial charge in [-0.25, -0.2) is 14.6 Å². The largest absolute Gasteiger partial charge is 0.480 e. The molecule has 1 aromatic heterocycles. The minimum atomic E-state index is -1.12. The highest BCUT2D eigenvalue weighted by molar-refractivity contribution is 7.09. The van der Waals surface area contributed by atoms with Crippen molar-refractivity contribution in [2.24, 2.45) is 0 Å². The number of amides is 1. The number of hydrogen-bond donors (Lipinski definition) is 2. The van der Waals surface area contributed by atoms with Gasteiger partial charge < -0.3 is 19.9 Å². The van der Waals surface area contributed by atoms with E-state index in [0.717, 1.165) is 27.3 Å². The lowest BCUT2D eigenvalue weighted by atomic mass is 9.98. The van der Waals surface area contributed by atoms with Gasteiger partial charge in [0.05, 0.1) is 13.1 Å². The molecule has 0 bridgehead atoms. The highest BCUT2D eigenvalue weighted by Crippen LogP contribution is 2.44. The van der Waals surface area contributed by atoms with Gasteiger partial charge in [-0.15, -0.1) is 11.3 Å². The van der Waals surface area contributed by atoms with Crippen molar-refractivity contribution >= 4 is 29.4 Å². The maximum absolute atomic E-state index is 12.6. The zero-order valence-corrected chi connectivity index (χ0v) is 24.5. The monoisotopic (exact) mass is 579 g/mol. The minimum absolute atomic E-state index is 0.106. The van der Waals surface area contributed by atoms with Crippen LogP contribution in [-0.2, 0) is 25.6 Å². The number of hydrogen-bond acceptors (Lipinski definition) is 8. The van der Waals surface area contributed by atoms with E-state index in [-0.39, 0.29) is 31.5 Å². The zero-order valence-electron chi connectivity index (χ0n) is 23.7. The summed E-state index contributed by atoms with van der Waals surface area (Å²) >= 11 is 1.51. The molecule has 218 valence electrons. The molecule has 0 saturated heterocycles. The fraction of sp³-hybridized carbons (Fsp3) is 0.419.